The Kier molecular flexibility index (Phi) is 4.92. The van der Waals surface area contributed by atoms with Crippen molar-refractivity contribution in [3.05, 3.63) is 71.1 Å². The number of thioether (sulfide) groups is 1. The molecule has 9 heteroatoms. The third-order valence-electron chi connectivity index (χ3n) is 4.88. The summed E-state index contributed by atoms with van der Waals surface area (Å²) in [6.07, 6.45) is 7.77. The van der Waals surface area contributed by atoms with Crippen LogP contribution in [-0.4, -0.2) is 40.2 Å². The van der Waals surface area contributed by atoms with E-state index in [1.54, 1.807) is 22.6 Å². The predicted molar refractivity (Wildman–Crippen MR) is 121 cm³/mol. The van der Waals surface area contributed by atoms with Crippen molar-refractivity contribution < 1.29 is 0 Å². The Balaban J connectivity index is 1.62. The van der Waals surface area contributed by atoms with Gasteiger partial charge in [0.1, 0.15) is 11.4 Å². The molecular formula is C21H18BrN7S. The molecule has 0 N–H and O–H groups in total. The largest absolute Gasteiger partial charge is 0.305 e. The lowest BCUT2D eigenvalue weighted by Gasteiger charge is -2.05. The van der Waals surface area contributed by atoms with E-state index >= 15 is 0 Å². The minimum Gasteiger partial charge on any atom is -0.305 e. The van der Waals surface area contributed by atoms with Crippen LogP contribution in [0.3, 0.4) is 0 Å². The van der Waals surface area contributed by atoms with Gasteiger partial charge in [-0.2, -0.15) is 5.10 Å². The van der Waals surface area contributed by atoms with Gasteiger partial charge in [-0.1, -0.05) is 12.1 Å². The predicted octanol–water partition coefficient (Wildman–Crippen LogP) is 4.53. The molecule has 30 heavy (non-hydrogen) atoms. The van der Waals surface area contributed by atoms with E-state index in [0.717, 1.165) is 32.9 Å². The molecule has 5 rings (SSSR count). The van der Waals surface area contributed by atoms with Crippen LogP contribution >= 0.6 is 27.7 Å². The highest BCUT2D eigenvalue weighted by atomic mass is 79.9. The highest BCUT2D eigenvalue weighted by Gasteiger charge is 2.19. The second-order valence-electron chi connectivity index (χ2n) is 6.82. The van der Waals surface area contributed by atoms with Gasteiger partial charge in [0.15, 0.2) is 17.3 Å². The number of halogens is 1. The van der Waals surface area contributed by atoms with Crippen molar-refractivity contribution in [1.29, 1.82) is 0 Å². The number of rotatable bonds is 5. The van der Waals surface area contributed by atoms with E-state index in [1.807, 2.05) is 46.7 Å². The third kappa shape index (κ3) is 3.44. The maximum absolute atomic E-state index is 4.83. The summed E-state index contributed by atoms with van der Waals surface area (Å²) in [4.78, 5) is 10.9. The molecule has 0 radical (unpaired) electrons. The monoisotopic (exact) mass is 479 g/mol. The smallest absolute Gasteiger partial charge is 0.200 e. The first-order valence-corrected chi connectivity index (χ1v) is 11.3. The molecule has 0 spiro atoms. The number of fused-ring (bicyclic) bond motifs is 1. The fourth-order valence-corrected chi connectivity index (χ4v) is 4.19. The molecule has 0 unspecified atom stereocenters. The topological polar surface area (TPSA) is 65.8 Å². The van der Waals surface area contributed by atoms with E-state index in [4.69, 9.17) is 15.1 Å². The average molecular weight is 480 g/mol. The van der Waals surface area contributed by atoms with Crippen LogP contribution in [-0.2, 0) is 13.6 Å². The summed E-state index contributed by atoms with van der Waals surface area (Å²) in [5.74, 6) is 1.34. The van der Waals surface area contributed by atoms with Gasteiger partial charge < -0.3 is 4.40 Å². The lowest BCUT2D eigenvalue weighted by atomic mass is 10.2. The molecule has 4 aromatic heterocycles. The lowest BCUT2D eigenvalue weighted by molar-refractivity contribution is 0.689. The van der Waals surface area contributed by atoms with Crippen LogP contribution in [0.25, 0.3) is 28.7 Å². The summed E-state index contributed by atoms with van der Waals surface area (Å²) < 4.78 is 6.60. The number of aryl methyl sites for hydroxylation is 1. The molecule has 7 nitrogen and oxygen atoms in total. The van der Waals surface area contributed by atoms with E-state index < -0.39 is 0 Å². The van der Waals surface area contributed by atoms with Gasteiger partial charge in [-0.25, -0.2) is 14.6 Å². The van der Waals surface area contributed by atoms with Gasteiger partial charge >= 0.3 is 0 Å². The zero-order chi connectivity index (χ0) is 20.7. The molecule has 0 aliphatic heterocycles. The Bertz CT molecular complexity index is 1330. The lowest BCUT2D eigenvalue weighted by Crippen LogP contribution is -2.04. The fourth-order valence-electron chi connectivity index (χ4n) is 3.33. The number of hydrogen-bond acceptors (Lipinski definition) is 5. The van der Waals surface area contributed by atoms with E-state index in [1.165, 1.54) is 4.90 Å². The van der Waals surface area contributed by atoms with Crippen molar-refractivity contribution in [2.75, 3.05) is 6.26 Å². The average Bonchev–Trinajstić information content (AvgIpc) is 3.47. The molecule has 0 amide bonds. The van der Waals surface area contributed by atoms with Crippen molar-refractivity contribution >= 4 is 33.3 Å². The van der Waals surface area contributed by atoms with Gasteiger partial charge in [0.2, 0.25) is 0 Å². The molecule has 0 aliphatic carbocycles. The molecular weight excluding hydrogens is 462 g/mol. The highest BCUT2D eigenvalue weighted by Crippen LogP contribution is 2.26. The zero-order valence-electron chi connectivity index (χ0n) is 16.4. The van der Waals surface area contributed by atoms with Crippen molar-refractivity contribution in [2.24, 2.45) is 7.05 Å². The number of benzene rings is 1. The zero-order valence-corrected chi connectivity index (χ0v) is 18.8. The number of hydrogen-bond donors (Lipinski definition) is 0. The van der Waals surface area contributed by atoms with E-state index in [0.29, 0.717) is 12.4 Å². The molecule has 1 aromatic carbocycles. The van der Waals surface area contributed by atoms with Crippen molar-refractivity contribution in [3.63, 3.8) is 0 Å². The minimum atomic E-state index is 0.601. The number of pyridine rings is 1. The number of nitrogens with zero attached hydrogens (tertiary/aromatic N) is 7. The van der Waals surface area contributed by atoms with E-state index in [9.17, 15) is 0 Å². The first-order valence-electron chi connectivity index (χ1n) is 9.32. The van der Waals surface area contributed by atoms with Crippen LogP contribution in [0.15, 0.2) is 70.4 Å². The fraction of sp³-hybridized carbons (Fsp3) is 0.143. The summed E-state index contributed by atoms with van der Waals surface area (Å²) >= 11 is 5.30. The maximum atomic E-state index is 4.83. The van der Waals surface area contributed by atoms with Crippen LogP contribution in [0, 0.1) is 0 Å². The van der Waals surface area contributed by atoms with Crippen LogP contribution in [0.2, 0.25) is 0 Å². The second-order valence-corrected chi connectivity index (χ2v) is 8.55. The first kappa shape index (κ1) is 19.1. The molecule has 0 aliphatic rings. The van der Waals surface area contributed by atoms with Gasteiger partial charge in [-0.3, -0.25) is 4.68 Å². The molecule has 150 valence electrons. The first-order chi connectivity index (χ1) is 14.6. The van der Waals surface area contributed by atoms with Gasteiger partial charge in [-0.15, -0.1) is 16.9 Å². The molecule has 0 saturated carbocycles. The van der Waals surface area contributed by atoms with E-state index in [-0.39, 0.29) is 0 Å². The molecule has 4 heterocycles. The summed E-state index contributed by atoms with van der Waals surface area (Å²) in [6, 6.07) is 14.4. The van der Waals surface area contributed by atoms with E-state index in [2.05, 4.69) is 51.5 Å². The third-order valence-corrected chi connectivity index (χ3v) is 6.24. The Hall–Kier alpha value is -2.91. The van der Waals surface area contributed by atoms with Crippen molar-refractivity contribution in [2.45, 2.75) is 11.4 Å². The molecule has 0 bridgehead atoms. The van der Waals surface area contributed by atoms with Gasteiger partial charge in [0.05, 0.1) is 11.0 Å². The molecule has 0 fully saturated rings. The molecule has 5 aromatic rings. The summed E-state index contributed by atoms with van der Waals surface area (Å²) in [5, 5.41) is 9.05. The number of aromatic nitrogens is 7. The standard InChI is InChI=1S/C21H18BrN7S/c1-27-18(9-10-23-27)19-25-21(17-13-28-11-3-4-16(22)20(28)24-17)29(26-19)12-14-5-7-15(30-2)8-6-14/h3-11,13H,12H2,1-2H3. The van der Waals surface area contributed by atoms with Gasteiger partial charge in [0.25, 0.3) is 0 Å². The van der Waals surface area contributed by atoms with Crippen LogP contribution in [0.1, 0.15) is 5.56 Å². The SMILES string of the molecule is CSc1ccc(Cn2nc(-c3ccnn3C)nc2-c2cn3cccc(Br)c3n2)cc1. The van der Waals surface area contributed by atoms with Crippen LogP contribution in [0.4, 0.5) is 0 Å². The van der Waals surface area contributed by atoms with Crippen molar-refractivity contribution in [1.82, 2.24) is 33.9 Å². The van der Waals surface area contributed by atoms with Crippen LogP contribution in [0.5, 0.6) is 0 Å². The summed E-state index contributed by atoms with van der Waals surface area (Å²) in [6.45, 7) is 0.601. The summed E-state index contributed by atoms with van der Waals surface area (Å²) in [7, 11) is 1.89. The normalized spacial score (nSPS) is 11.4. The highest BCUT2D eigenvalue weighted by molar-refractivity contribution is 9.10. The Morgan fingerprint density at radius 2 is 1.90 bits per heavy atom. The maximum Gasteiger partial charge on any atom is 0.200 e. The molecule has 0 atom stereocenters. The number of imidazole rings is 1. The second kappa shape index (κ2) is 7.73. The minimum absolute atomic E-state index is 0.601. The quantitative estimate of drug-likeness (QED) is 0.346. The molecule has 0 saturated heterocycles. The Labute approximate surface area is 185 Å². The van der Waals surface area contributed by atoms with Gasteiger partial charge in [0, 0.05) is 30.5 Å². The van der Waals surface area contributed by atoms with Gasteiger partial charge in [-0.05, 0) is 58.1 Å². The summed E-state index contributed by atoms with van der Waals surface area (Å²) in [5.41, 5.74) is 3.62. The Morgan fingerprint density at radius 3 is 2.60 bits per heavy atom. The van der Waals surface area contributed by atoms with Crippen LogP contribution < -0.4 is 0 Å². The van der Waals surface area contributed by atoms with Crippen molar-refractivity contribution in [3.8, 4) is 23.0 Å². The Morgan fingerprint density at radius 1 is 1.07 bits per heavy atom.